The van der Waals surface area contributed by atoms with E-state index in [0.29, 0.717) is 17.7 Å². The fourth-order valence-corrected chi connectivity index (χ4v) is 1.59. The van der Waals surface area contributed by atoms with Gasteiger partial charge in [0.15, 0.2) is 0 Å². The highest BCUT2D eigenvalue weighted by Crippen LogP contribution is 2.15. The van der Waals surface area contributed by atoms with Crippen molar-refractivity contribution in [1.82, 2.24) is 0 Å². The Balaban J connectivity index is 2.09. The lowest BCUT2D eigenvalue weighted by molar-refractivity contribution is -0.134. The van der Waals surface area contributed by atoms with Crippen LogP contribution in [0.5, 0.6) is 0 Å². The van der Waals surface area contributed by atoms with Crippen LogP contribution in [0.25, 0.3) is 0 Å². The van der Waals surface area contributed by atoms with Crippen molar-refractivity contribution in [3.8, 4) is 0 Å². The molecule has 0 aromatic heterocycles. The molecule has 4 heteroatoms. The van der Waals surface area contributed by atoms with Crippen molar-refractivity contribution in [1.29, 1.82) is 0 Å². The molecule has 2 rings (SSSR count). The molecule has 86 valence electrons. The molecule has 0 saturated carbocycles. The number of rotatable bonds is 2. The zero-order chi connectivity index (χ0) is 12.3. The molecule has 0 radical (unpaired) electrons. The van der Waals surface area contributed by atoms with Gasteiger partial charge < -0.3 is 5.32 Å². The number of benzene rings is 1. The minimum atomic E-state index is -0.588. The highest BCUT2D eigenvalue weighted by Gasteiger charge is 2.22. The zero-order valence-corrected chi connectivity index (χ0v) is 9.10. The van der Waals surface area contributed by atoms with E-state index in [9.17, 15) is 14.4 Å². The van der Waals surface area contributed by atoms with Crippen LogP contribution in [0.4, 0.5) is 5.69 Å². The Morgan fingerprint density at radius 1 is 1.06 bits per heavy atom. The molecule has 1 aromatic rings. The summed E-state index contributed by atoms with van der Waals surface area (Å²) in [6.45, 7) is 0. The van der Waals surface area contributed by atoms with E-state index in [1.807, 2.05) is 6.07 Å². The van der Waals surface area contributed by atoms with Crippen LogP contribution in [0.2, 0.25) is 0 Å². The van der Waals surface area contributed by atoms with E-state index >= 15 is 0 Å². The van der Waals surface area contributed by atoms with Crippen molar-refractivity contribution in [3.63, 3.8) is 0 Å². The predicted molar refractivity (Wildman–Crippen MR) is 62.4 cm³/mol. The summed E-state index contributed by atoms with van der Waals surface area (Å²) in [6.07, 6.45) is 1.57. The number of anilines is 1. The molecule has 1 N–H and O–H groups in total. The fraction of sp³-hybridized carbons (Fsp3) is 0.154. The van der Waals surface area contributed by atoms with Crippen LogP contribution in [0, 0.1) is 0 Å². The molecule has 4 nitrogen and oxygen atoms in total. The molecule has 0 unspecified atom stereocenters. The van der Waals surface area contributed by atoms with Gasteiger partial charge in [-0.25, -0.2) is 0 Å². The lowest BCUT2D eigenvalue weighted by Gasteiger charge is -2.11. The van der Waals surface area contributed by atoms with Crippen molar-refractivity contribution in [2.45, 2.75) is 12.8 Å². The zero-order valence-electron chi connectivity index (χ0n) is 9.10. The minimum absolute atomic E-state index is 0.118. The van der Waals surface area contributed by atoms with Crippen molar-refractivity contribution in [2.24, 2.45) is 0 Å². The van der Waals surface area contributed by atoms with Gasteiger partial charge in [0.05, 0.1) is 0 Å². The molecular formula is C13H11NO3. The topological polar surface area (TPSA) is 63.2 Å². The summed E-state index contributed by atoms with van der Waals surface area (Å²) in [7, 11) is 0. The van der Waals surface area contributed by atoms with Gasteiger partial charge >= 0.3 is 0 Å². The Bertz CT molecular complexity index is 503. The summed E-state index contributed by atoms with van der Waals surface area (Å²) in [5.74, 6) is -1.34. The maximum Gasteiger partial charge on any atom is 0.251 e. The van der Waals surface area contributed by atoms with Gasteiger partial charge in [0.1, 0.15) is 0 Å². The van der Waals surface area contributed by atoms with Gasteiger partial charge in [0.25, 0.3) is 5.91 Å². The van der Waals surface area contributed by atoms with E-state index < -0.39 is 11.6 Å². The third-order valence-electron chi connectivity index (χ3n) is 2.52. The number of para-hydroxylation sites is 1. The first kappa shape index (κ1) is 11.3. The van der Waals surface area contributed by atoms with E-state index in [1.54, 1.807) is 24.3 Å². The Morgan fingerprint density at radius 2 is 1.76 bits per heavy atom. The van der Waals surface area contributed by atoms with Crippen LogP contribution in [-0.4, -0.2) is 17.5 Å². The van der Waals surface area contributed by atoms with E-state index in [2.05, 4.69) is 5.32 Å². The van der Waals surface area contributed by atoms with Crippen LogP contribution in [0.15, 0.2) is 42.0 Å². The predicted octanol–water partition coefficient (Wildman–Crippen LogP) is 1.48. The Morgan fingerprint density at radius 3 is 2.41 bits per heavy atom. The first-order valence-corrected chi connectivity index (χ1v) is 5.31. The lowest BCUT2D eigenvalue weighted by atomic mass is 9.97. The molecule has 0 atom stereocenters. The van der Waals surface area contributed by atoms with Gasteiger partial charge in [-0.15, -0.1) is 0 Å². The molecule has 1 aromatic carbocycles. The van der Waals surface area contributed by atoms with Crippen molar-refractivity contribution < 1.29 is 14.4 Å². The fourth-order valence-electron chi connectivity index (χ4n) is 1.59. The van der Waals surface area contributed by atoms with E-state index in [1.165, 1.54) is 0 Å². The highest BCUT2D eigenvalue weighted by molar-refractivity contribution is 6.43. The number of nitrogens with one attached hydrogen (secondary N) is 1. The number of hydrogen-bond donors (Lipinski definition) is 1. The molecular weight excluding hydrogens is 218 g/mol. The average Bonchev–Trinajstić information content (AvgIpc) is 2.34. The average molecular weight is 229 g/mol. The molecule has 1 amide bonds. The van der Waals surface area contributed by atoms with Crippen LogP contribution in [0.3, 0.4) is 0 Å². The molecule has 1 aliphatic carbocycles. The third kappa shape index (κ3) is 2.66. The largest absolute Gasteiger partial charge is 0.322 e. The first-order chi connectivity index (χ1) is 8.16. The summed E-state index contributed by atoms with van der Waals surface area (Å²) >= 11 is 0. The minimum Gasteiger partial charge on any atom is -0.322 e. The smallest absolute Gasteiger partial charge is 0.251 e. The SMILES string of the molecule is O=C1C=C(C(=O)Nc2ccccc2)CCC1=O. The molecule has 1 aliphatic rings. The number of ketones is 2. The van der Waals surface area contributed by atoms with Crippen molar-refractivity contribution >= 4 is 23.2 Å². The van der Waals surface area contributed by atoms with Crippen molar-refractivity contribution in [2.75, 3.05) is 5.32 Å². The second-order valence-corrected chi connectivity index (χ2v) is 3.78. The van der Waals surface area contributed by atoms with Crippen LogP contribution >= 0.6 is 0 Å². The van der Waals surface area contributed by atoms with Gasteiger partial charge in [0, 0.05) is 17.7 Å². The first-order valence-electron chi connectivity index (χ1n) is 5.31. The maximum atomic E-state index is 11.8. The molecule has 0 heterocycles. The standard InChI is InChI=1S/C13H11NO3/c15-11-7-6-9(8-12(11)16)13(17)14-10-4-2-1-3-5-10/h1-5,8H,6-7H2,(H,14,17). The summed E-state index contributed by atoms with van der Waals surface area (Å²) in [5.41, 5.74) is 1.03. The summed E-state index contributed by atoms with van der Waals surface area (Å²) in [5, 5.41) is 2.68. The number of hydrogen-bond acceptors (Lipinski definition) is 3. The molecule has 17 heavy (non-hydrogen) atoms. The molecule has 0 spiro atoms. The summed E-state index contributed by atoms with van der Waals surface area (Å²) in [6, 6.07) is 8.97. The van der Waals surface area contributed by atoms with E-state index in [4.69, 9.17) is 0 Å². The molecule has 0 saturated heterocycles. The van der Waals surface area contributed by atoms with Crippen molar-refractivity contribution in [3.05, 3.63) is 42.0 Å². The third-order valence-corrected chi connectivity index (χ3v) is 2.52. The number of Topliss-reactive ketones (excluding diaryl/α,β-unsaturated/α-hetero) is 1. The highest BCUT2D eigenvalue weighted by atomic mass is 16.2. The molecule has 0 aliphatic heterocycles. The maximum absolute atomic E-state index is 11.8. The second-order valence-electron chi connectivity index (χ2n) is 3.78. The number of carbonyl (C=O) groups is 3. The lowest BCUT2D eigenvalue weighted by Crippen LogP contribution is -2.23. The van der Waals surface area contributed by atoms with Gasteiger partial charge in [-0.05, 0) is 24.6 Å². The van der Waals surface area contributed by atoms with E-state index in [-0.39, 0.29) is 12.3 Å². The summed E-state index contributed by atoms with van der Waals surface area (Å²) < 4.78 is 0. The number of allylic oxidation sites excluding steroid dienone is 1. The second kappa shape index (κ2) is 4.74. The molecule has 0 bridgehead atoms. The van der Waals surface area contributed by atoms with Gasteiger partial charge in [0.2, 0.25) is 11.6 Å². The quantitative estimate of drug-likeness (QED) is 0.781. The van der Waals surface area contributed by atoms with Gasteiger partial charge in [-0.3, -0.25) is 14.4 Å². The number of carbonyl (C=O) groups excluding carboxylic acids is 3. The van der Waals surface area contributed by atoms with Crippen LogP contribution in [0.1, 0.15) is 12.8 Å². The van der Waals surface area contributed by atoms with Crippen LogP contribution < -0.4 is 5.32 Å². The van der Waals surface area contributed by atoms with Gasteiger partial charge in [-0.1, -0.05) is 18.2 Å². The van der Waals surface area contributed by atoms with Crippen LogP contribution in [-0.2, 0) is 14.4 Å². The Labute approximate surface area is 98.3 Å². The van der Waals surface area contributed by atoms with Gasteiger partial charge in [-0.2, -0.15) is 0 Å². The molecule has 0 fully saturated rings. The summed E-state index contributed by atoms with van der Waals surface area (Å²) in [4.78, 5) is 33.9. The monoisotopic (exact) mass is 229 g/mol. The normalized spacial score (nSPS) is 15.4. The Kier molecular flexibility index (Phi) is 3.14. The Hall–Kier alpha value is -2.23. The number of amides is 1. The van der Waals surface area contributed by atoms with E-state index in [0.717, 1.165) is 6.08 Å².